The number of carbonyl (C=O) groups is 2. The van der Waals surface area contributed by atoms with Gasteiger partial charge in [0.1, 0.15) is 23.6 Å². The van der Waals surface area contributed by atoms with Gasteiger partial charge >= 0.3 is 5.97 Å². The van der Waals surface area contributed by atoms with Gasteiger partial charge in [-0.05, 0) is 55.8 Å². The van der Waals surface area contributed by atoms with Crippen molar-refractivity contribution in [3.8, 4) is 5.75 Å². The van der Waals surface area contributed by atoms with Crippen LogP contribution >= 0.6 is 0 Å². The van der Waals surface area contributed by atoms with Crippen LogP contribution in [-0.2, 0) is 16.2 Å². The highest BCUT2D eigenvalue weighted by molar-refractivity contribution is 6.07. The van der Waals surface area contributed by atoms with Gasteiger partial charge in [0.05, 0.1) is 0 Å². The van der Waals surface area contributed by atoms with Gasteiger partial charge in [-0.3, -0.25) is 9.59 Å². The number of halogens is 1. The summed E-state index contributed by atoms with van der Waals surface area (Å²) in [7, 11) is 0. The molecule has 1 amide bonds. The molecule has 0 aliphatic carbocycles. The fourth-order valence-corrected chi connectivity index (χ4v) is 1.81. The Labute approximate surface area is 139 Å². The van der Waals surface area contributed by atoms with E-state index in [0.29, 0.717) is 17.0 Å². The number of ether oxygens (including phenoxy) is 1. The van der Waals surface area contributed by atoms with Gasteiger partial charge in [-0.25, -0.2) is 4.39 Å². The second kappa shape index (κ2) is 7.12. The number of carboxylic acid groups (broad SMARTS) is 1. The molecule has 0 aliphatic rings. The highest BCUT2D eigenvalue weighted by Gasteiger charge is 2.35. The standard InChI is InChI=1S/C18H18FNO4/c1-18(2,17(22)23)16(21)20-14-6-8-15(9-7-14)24-11-12-4-3-5-13(19)10-12/h3-10H,11H2,1-2H3,(H,20,21)(H,22,23). The van der Waals surface area contributed by atoms with E-state index in [1.165, 1.54) is 26.0 Å². The first-order chi connectivity index (χ1) is 11.3. The maximum atomic E-state index is 13.1. The first-order valence-electron chi connectivity index (χ1n) is 7.31. The van der Waals surface area contributed by atoms with Crippen molar-refractivity contribution in [3.63, 3.8) is 0 Å². The van der Waals surface area contributed by atoms with E-state index < -0.39 is 17.3 Å². The van der Waals surface area contributed by atoms with Crippen LogP contribution in [0.5, 0.6) is 5.75 Å². The molecule has 0 bridgehead atoms. The van der Waals surface area contributed by atoms with E-state index in [-0.39, 0.29) is 12.4 Å². The van der Waals surface area contributed by atoms with Crippen molar-refractivity contribution < 1.29 is 23.8 Å². The number of carbonyl (C=O) groups excluding carboxylic acids is 1. The SMILES string of the molecule is CC(C)(C(=O)O)C(=O)Nc1ccc(OCc2cccc(F)c2)cc1. The van der Waals surface area contributed by atoms with Crippen molar-refractivity contribution in [3.05, 3.63) is 59.9 Å². The number of nitrogens with one attached hydrogen (secondary N) is 1. The van der Waals surface area contributed by atoms with Crippen LogP contribution in [0.4, 0.5) is 10.1 Å². The van der Waals surface area contributed by atoms with E-state index in [1.807, 2.05) is 0 Å². The zero-order chi connectivity index (χ0) is 17.7. The zero-order valence-corrected chi connectivity index (χ0v) is 13.4. The fraction of sp³-hybridized carbons (Fsp3) is 0.222. The summed E-state index contributed by atoms with van der Waals surface area (Å²) in [6.45, 7) is 2.89. The number of amides is 1. The van der Waals surface area contributed by atoms with Crippen molar-refractivity contribution >= 4 is 17.6 Å². The summed E-state index contributed by atoms with van der Waals surface area (Å²) < 4.78 is 18.6. The Kier molecular flexibility index (Phi) is 5.18. The minimum Gasteiger partial charge on any atom is -0.489 e. The number of carboxylic acids is 1. The Hall–Kier alpha value is -2.89. The van der Waals surface area contributed by atoms with E-state index >= 15 is 0 Å². The second-order valence-electron chi connectivity index (χ2n) is 5.83. The van der Waals surface area contributed by atoms with Crippen LogP contribution in [0.15, 0.2) is 48.5 Å². The zero-order valence-electron chi connectivity index (χ0n) is 13.4. The molecular formula is C18H18FNO4. The average Bonchev–Trinajstić information content (AvgIpc) is 2.54. The second-order valence-corrected chi connectivity index (χ2v) is 5.83. The van der Waals surface area contributed by atoms with Gasteiger partial charge in [-0.15, -0.1) is 0 Å². The summed E-state index contributed by atoms with van der Waals surface area (Å²) in [5, 5.41) is 11.6. The van der Waals surface area contributed by atoms with Crippen molar-refractivity contribution in [2.75, 3.05) is 5.32 Å². The summed E-state index contributed by atoms with van der Waals surface area (Å²) in [5.74, 6) is -1.58. The average molecular weight is 331 g/mol. The molecule has 0 saturated carbocycles. The van der Waals surface area contributed by atoms with Gasteiger partial charge in [-0.2, -0.15) is 0 Å². The van der Waals surface area contributed by atoms with E-state index in [2.05, 4.69) is 5.32 Å². The maximum absolute atomic E-state index is 13.1. The Bertz CT molecular complexity index is 741. The lowest BCUT2D eigenvalue weighted by atomic mass is 9.92. The summed E-state index contributed by atoms with van der Waals surface area (Å²) >= 11 is 0. The van der Waals surface area contributed by atoms with E-state index in [4.69, 9.17) is 9.84 Å². The topological polar surface area (TPSA) is 75.6 Å². The van der Waals surface area contributed by atoms with Crippen LogP contribution in [0.25, 0.3) is 0 Å². The quantitative estimate of drug-likeness (QED) is 0.795. The molecule has 2 rings (SSSR count). The van der Waals surface area contributed by atoms with Gasteiger partial charge in [0.25, 0.3) is 0 Å². The van der Waals surface area contributed by atoms with Crippen LogP contribution in [0.2, 0.25) is 0 Å². The smallest absolute Gasteiger partial charge is 0.318 e. The Morgan fingerprint density at radius 1 is 1.17 bits per heavy atom. The largest absolute Gasteiger partial charge is 0.489 e. The number of benzene rings is 2. The van der Waals surface area contributed by atoms with Crippen LogP contribution in [-0.4, -0.2) is 17.0 Å². The van der Waals surface area contributed by atoms with Crippen molar-refractivity contribution in [1.29, 1.82) is 0 Å². The number of aliphatic carboxylic acids is 1. The molecule has 2 N–H and O–H groups in total. The van der Waals surface area contributed by atoms with Crippen LogP contribution in [0.1, 0.15) is 19.4 Å². The first kappa shape index (κ1) is 17.5. The highest BCUT2D eigenvalue weighted by atomic mass is 19.1. The summed E-state index contributed by atoms with van der Waals surface area (Å²) in [5.41, 5.74) is -0.352. The van der Waals surface area contributed by atoms with Gasteiger partial charge in [0, 0.05) is 5.69 Å². The van der Waals surface area contributed by atoms with Crippen molar-refractivity contribution in [2.45, 2.75) is 20.5 Å². The van der Waals surface area contributed by atoms with Gasteiger partial charge in [0.15, 0.2) is 0 Å². The van der Waals surface area contributed by atoms with Crippen LogP contribution in [0, 0.1) is 11.2 Å². The lowest BCUT2D eigenvalue weighted by Crippen LogP contribution is -2.37. The number of anilines is 1. The first-order valence-corrected chi connectivity index (χ1v) is 7.31. The third-order valence-corrected chi connectivity index (χ3v) is 3.51. The predicted octanol–water partition coefficient (Wildman–Crippen LogP) is 3.45. The van der Waals surface area contributed by atoms with E-state index in [1.54, 1.807) is 36.4 Å². The van der Waals surface area contributed by atoms with E-state index in [9.17, 15) is 14.0 Å². The Morgan fingerprint density at radius 3 is 2.42 bits per heavy atom. The Balaban J connectivity index is 1.96. The molecule has 24 heavy (non-hydrogen) atoms. The van der Waals surface area contributed by atoms with Crippen LogP contribution in [0.3, 0.4) is 0 Å². The molecule has 0 radical (unpaired) electrons. The molecule has 0 unspecified atom stereocenters. The summed E-state index contributed by atoms with van der Waals surface area (Å²) in [4.78, 5) is 23.0. The molecule has 0 heterocycles. The minimum atomic E-state index is -1.52. The molecule has 2 aromatic rings. The molecular weight excluding hydrogens is 313 g/mol. The third kappa shape index (κ3) is 4.32. The van der Waals surface area contributed by atoms with Gasteiger partial charge in [0.2, 0.25) is 5.91 Å². The molecule has 0 saturated heterocycles. The lowest BCUT2D eigenvalue weighted by molar-refractivity contribution is -0.151. The lowest BCUT2D eigenvalue weighted by Gasteiger charge is -2.18. The molecule has 0 atom stereocenters. The minimum absolute atomic E-state index is 0.218. The monoisotopic (exact) mass is 331 g/mol. The van der Waals surface area contributed by atoms with Gasteiger partial charge < -0.3 is 15.2 Å². The van der Waals surface area contributed by atoms with Crippen molar-refractivity contribution in [1.82, 2.24) is 0 Å². The molecule has 0 aromatic heterocycles. The molecule has 0 aliphatic heterocycles. The molecule has 2 aromatic carbocycles. The highest BCUT2D eigenvalue weighted by Crippen LogP contribution is 2.21. The van der Waals surface area contributed by atoms with Crippen LogP contribution < -0.4 is 10.1 Å². The molecule has 0 fully saturated rings. The number of hydrogen-bond donors (Lipinski definition) is 2. The normalized spacial score (nSPS) is 11.0. The van der Waals surface area contributed by atoms with Crippen molar-refractivity contribution in [2.24, 2.45) is 5.41 Å². The Morgan fingerprint density at radius 2 is 1.83 bits per heavy atom. The third-order valence-electron chi connectivity index (χ3n) is 3.51. The number of rotatable bonds is 6. The molecule has 5 nitrogen and oxygen atoms in total. The maximum Gasteiger partial charge on any atom is 0.318 e. The molecule has 126 valence electrons. The molecule has 0 spiro atoms. The fourth-order valence-electron chi connectivity index (χ4n) is 1.81. The predicted molar refractivity (Wildman–Crippen MR) is 87.2 cm³/mol. The summed E-state index contributed by atoms with van der Waals surface area (Å²) in [6.07, 6.45) is 0. The number of hydrogen-bond acceptors (Lipinski definition) is 3. The van der Waals surface area contributed by atoms with E-state index in [0.717, 1.165) is 0 Å². The van der Waals surface area contributed by atoms with Gasteiger partial charge in [-0.1, -0.05) is 12.1 Å². The molecule has 6 heteroatoms. The summed E-state index contributed by atoms with van der Waals surface area (Å²) in [6, 6.07) is 12.6.